The second-order valence-corrected chi connectivity index (χ2v) is 5.71. The summed E-state index contributed by atoms with van der Waals surface area (Å²) in [5, 5.41) is 0. The summed E-state index contributed by atoms with van der Waals surface area (Å²) in [5.74, 6) is -0.524. The molecule has 6 heteroatoms. The number of rotatable bonds is 13. The molecule has 0 aliphatic rings. The van der Waals surface area contributed by atoms with E-state index in [2.05, 4.69) is 0 Å². The van der Waals surface area contributed by atoms with Gasteiger partial charge in [-0.05, 0) is 25.7 Å². The molecule has 0 bridgehead atoms. The molecule has 0 radical (unpaired) electrons. The smallest absolute Gasteiger partial charge is 0.305 e. The summed E-state index contributed by atoms with van der Waals surface area (Å²) in [6.45, 7) is 5.18. The van der Waals surface area contributed by atoms with Gasteiger partial charge in [-0.2, -0.15) is 0 Å². The Labute approximate surface area is 133 Å². The first-order valence-corrected chi connectivity index (χ1v) is 8.27. The molecule has 0 saturated heterocycles. The summed E-state index contributed by atoms with van der Waals surface area (Å²) in [4.78, 5) is 23.2. The normalized spacial score (nSPS) is 11.3. The lowest BCUT2D eigenvalue weighted by atomic mass is 9.89. The van der Waals surface area contributed by atoms with Crippen LogP contribution < -0.4 is 11.5 Å². The molecule has 0 rings (SSSR count). The topological polar surface area (TPSA) is 105 Å². The summed E-state index contributed by atoms with van der Waals surface area (Å²) >= 11 is 0. The highest BCUT2D eigenvalue weighted by Crippen LogP contribution is 2.16. The second-order valence-electron chi connectivity index (χ2n) is 5.71. The van der Waals surface area contributed by atoms with E-state index in [-0.39, 0.29) is 31.3 Å². The molecular weight excluding hydrogens is 284 g/mol. The van der Waals surface area contributed by atoms with Gasteiger partial charge in [-0.3, -0.25) is 9.59 Å². The molecule has 6 nitrogen and oxygen atoms in total. The number of hydrogen-bond acceptors (Lipinski definition) is 6. The van der Waals surface area contributed by atoms with Gasteiger partial charge in [0.1, 0.15) is 0 Å². The Morgan fingerprint density at radius 1 is 0.909 bits per heavy atom. The Hall–Kier alpha value is -1.14. The van der Waals surface area contributed by atoms with E-state index in [1.807, 2.05) is 13.8 Å². The molecule has 0 fully saturated rings. The maximum Gasteiger partial charge on any atom is 0.305 e. The molecule has 0 atom stereocenters. The van der Waals surface area contributed by atoms with Crippen LogP contribution in [0.25, 0.3) is 0 Å². The molecule has 0 aromatic carbocycles. The van der Waals surface area contributed by atoms with Crippen molar-refractivity contribution in [3.05, 3.63) is 0 Å². The lowest BCUT2D eigenvalue weighted by Gasteiger charge is -2.27. The molecule has 0 unspecified atom stereocenters. The van der Waals surface area contributed by atoms with Crippen molar-refractivity contribution in [2.45, 2.75) is 70.8 Å². The Bertz CT molecular complexity index is 295. The fraction of sp³-hybridized carbons (Fsp3) is 0.875. The lowest BCUT2D eigenvalue weighted by Crippen LogP contribution is -2.47. The van der Waals surface area contributed by atoms with E-state index < -0.39 is 5.54 Å². The third-order valence-electron chi connectivity index (χ3n) is 3.58. The minimum absolute atomic E-state index is 0.220. The monoisotopic (exact) mass is 316 g/mol. The fourth-order valence-electron chi connectivity index (χ4n) is 1.84. The zero-order valence-electron chi connectivity index (χ0n) is 14.1. The Kier molecular flexibility index (Phi) is 11.8. The van der Waals surface area contributed by atoms with Gasteiger partial charge >= 0.3 is 11.9 Å². The molecule has 0 aliphatic heterocycles. The highest BCUT2D eigenvalue weighted by Gasteiger charge is 2.25. The molecule has 0 saturated carbocycles. The molecule has 22 heavy (non-hydrogen) atoms. The average molecular weight is 316 g/mol. The largest absolute Gasteiger partial charge is 0.466 e. The first kappa shape index (κ1) is 20.9. The van der Waals surface area contributed by atoms with Crippen LogP contribution in [-0.4, -0.2) is 37.2 Å². The summed E-state index contributed by atoms with van der Waals surface area (Å²) in [6, 6.07) is 0. The number of hydrogen-bond donors (Lipinski definition) is 2. The van der Waals surface area contributed by atoms with Crippen LogP contribution in [0.1, 0.15) is 65.2 Å². The van der Waals surface area contributed by atoms with Crippen LogP contribution in [0.5, 0.6) is 0 Å². The van der Waals surface area contributed by atoms with E-state index in [1.165, 1.54) is 0 Å². The van der Waals surface area contributed by atoms with Gasteiger partial charge in [0.25, 0.3) is 0 Å². The number of esters is 2. The van der Waals surface area contributed by atoms with E-state index in [0.29, 0.717) is 26.1 Å². The van der Waals surface area contributed by atoms with Crippen LogP contribution >= 0.6 is 0 Å². The SMILES string of the molecule is CCCCOC(=O)CCC(N)(CN)CCC(=O)OCCCC. The fourth-order valence-corrected chi connectivity index (χ4v) is 1.84. The quantitative estimate of drug-likeness (QED) is 0.397. The standard InChI is InChI=1S/C16H32N2O4/c1-3-5-11-21-14(19)7-9-16(18,13-17)10-8-15(20)22-12-6-4-2/h3-13,17-18H2,1-2H3. The third-order valence-corrected chi connectivity index (χ3v) is 3.58. The van der Waals surface area contributed by atoms with Crippen molar-refractivity contribution in [3.8, 4) is 0 Å². The lowest BCUT2D eigenvalue weighted by molar-refractivity contribution is -0.144. The average Bonchev–Trinajstić information content (AvgIpc) is 2.51. The van der Waals surface area contributed by atoms with Crippen molar-refractivity contribution >= 4 is 11.9 Å². The Morgan fingerprint density at radius 3 is 1.64 bits per heavy atom. The van der Waals surface area contributed by atoms with Crippen molar-refractivity contribution in [1.82, 2.24) is 0 Å². The number of unbranched alkanes of at least 4 members (excludes halogenated alkanes) is 2. The minimum Gasteiger partial charge on any atom is -0.466 e. The summed E-state index contributed by atoms with van der Waals surface area (Å²) in [6.07, 6.45) is 4.96. The van der Waals surface area contributed by atoms with Crippen molar-refractivity contribution in [3.63, 3.8) is 0 Å². The van der Waals surface area contributed by atoms with Crippen LogP contribution in [0.2, 0.25) is 0 Å². The van der Waals surface area contributed by atoms with Gasteiger partial charge in [0.2, 0.25) is 0 Å². The van der Waals surface area contributed by atoms with Crippen molar-refractivity contribution in [2.24, 2.45) is 11.5 Å². The summed E-state index contributed by atoms with van der Waals surface area (Å²) in [5.41, 5.74) is 11.1. The number of nitrogens with two attached hydrogens (primary N) is 2. The third kappa shape index (κ3) is 10.6. The molecule has 0 aromatic rings. The molecule has 4 N–H and O–H groups in total. The maximum atomic E-state index is 11.6. The van der Waals surface area contributed by atoms with Crippen LogP contribution in [0.3, 0.4) is 0 Å². The predicted molar refractivity (Wildman–Crippen MR) is 86.2 cm³/mol. The first-order chi connectivity index (χ1) is 10.5. The maximum absolute atomic E-state index is 11.6. The van der Waals surface area contributed by atoms with E-state index >= 15 is 0 Å². The minimum atomic E-state index is -0.729. The van der Waals surface area contributed by atoms with E-state index in [0.717, 1.165) is 25.7 Å². The van der Waals surface area contributed by atoms with Crippen LogP contribution in [0.15, 0.2) is 0 Å². The van der Waals surface area contributed by atoms with Gasteiger partial charge in [-0.25, -0.2) is 0 Å². The van der Waals surface area contributed by atoms with Gasteiger partial charge in [0, 0.05) is 24.9 Å². The second kappa shape index (κ2) is 12.4. The molecule has 130 valence electrons. The Morgan fingerprint density at radius 2 is 1.32 bits per heavy atom. The molecular formula is C16H32N2O4. The number of carbonyl (C=O) groups is 2. The highest BCUT2D eigenvalue weighted by molar-refractivity contribution is 5.70. The predicted octanol–water partition coefficient (Wildman–Crippen LogP) is 1.89. The summed E-state index contributed by atoms with van der Waals surface area (Å²) < 4.78 is 10.2. The van der Waals surface area contributed by atoms with Crippen LogP contribution in [-0.2, 0) is 19.1 Å². The molecule has 0 aliphatic carbocycles. The van der Waals surface area contributed by atoms with Gasteiger partial charge in [0.05, 0.1) is 13.2 Å². The van der Waals surface area contributed by atoms with Gasteiger partial charge in [-0.1, -0.05) is 26.7 Å². The molecule has 0 amide bonds. The van der Waals surface area contributed by atoms with E-state index in [4.69, 9.17) is 20.9 Å². The zero-order chi connectivity index (χ0) is 16.8. The van der Waals surface area contributed by atoms with Crippen molar-refractivity contribution in [1.29, 1.82) is 0 Å². The van der Waals surface area contributed by atoms with E-state index in [9.17, 15) is 9.59 Å². The Balaban J connectivity index is 4.02. The van der Waals surface area contributed by atoms with E-state index in [1.54, 1.807) is 0 Å². The van der Waals surface area contributed by atoms with Gasteiger partial charge in [0.15, 0.2) is 0 Å². The molecule has 0 heterocycles. The van der Waals surface area contributed by atoms with Crippen molar-refractivity contribution in [2.75, 3.05) is 19.8 Å². The van der Waals surface area contributed by atoms with Crippen LogP contribution in [0, 0.1) is 0 Å². The first-order valence-electron chi connectivity index (χ1n) is 8.27. The summed E-state index contributed by atoms with van der Waals surface area (Å²) in [7, 11) is 0. The number of carbonyl (C=O) groups excluding carboxylic acids is 2. The zero-order valence-corrected chi connectivity index (χ0v) is 14.1. The van der Waals surface area contributed by atoms with Gasteiger partial charge in [-0.15, -0.1) is 0 Å². The van der Waals surface area contributed by atoms with Crippen molar-refractivity contribution < 1.29 is 19.1 Å². The highest BCUT2D eigenvalue weighted by atomic mass is 16.5. The van der Waals surface area contributed by atoms with Crippen LogP contribution in [0.4, 0.5) is 0 Å². The van der Waals surface area contributed by atoms with Gasteiger partial charge < -0.3 is 20.9 Å². The molecule has 0 aromatic heterocycles. The molecule has 0 spiro atoms. The number of ether oxygens (including phenoxy) is 2.